The van der Waals surface area contributed by atoms with Gasteiger partial charge in [-0.1, -0.05) is 0 Å². The Morgan fingerprint density at radius 2 is 2.22 bits per heavy atom. The van der Waals surface area contributed by atoms with Gasteiger partial charge in [-0.15, -0.1) is 11.8 Å². The maximum absolute atomic E-state index is 11.3. The molecule has 0 aliphatic heterocycles. The van der Waals surface area contributed by atoms with Gasteiger partial charge in [-0.2, -0.15) is 0 Å². The third-order valence-corrected chi connectivity index (χ3v) is 4.77. The van der Waals surface area contributed by atoms with E-state index in [1.54, 1.807) is 0 Å². The fourth-order valence-corrected chi connectivity index (χ4v) is 3.49. The quantitative estimate of drug-likeness (QED) is 0.886. The predicted molar refractivity (Wildman–Crippen MR) is 72.4 cm³/mol. The van der Waals surface area contributed by atoms with Crippen LogP contribution in [0, 0.1) is 6.92 Å². The molecule has 0 atom stereocenters. The van der Waals surface area contributed by atoms with Crippen LogP contribution in [0.2, 0.25) is 0 Å². The van der Waals surface area contributed by atoms with E-state index in [0.29, 0.717) is 6.61 Å². The summed E-state index contributed by atoms with van der Waals surface area (Å²) in [6, 6.07) is 5.89. The van der Waals surface area contributed by atoms with Gasteiger partial charge in [0, 0.05) is 4.90 Å². The van der Waals surface area contributed by atoms with Crippen molar-refractivity contribution in [1.29, 1.82) is 0 Å². The molecule has 1 aromatic rings. The van der Waals surface area contributed by atoms with E-state index in [9.17, 15) is 9.90 Å². The molecule has 1 N–H and O–H groups in total. The van der Waals surface area contributed by atoms with Crippen molar-refractivity contribution in [2.24, 2.45) is 0 Å². The SMILES string of the molecule is CCOc1ccc(SC2(C(=O)O)CCC2)cc1C. The Bertz CT molecular complexity index is 452. The highest BCUT2D eigenvalue weighted by Crippen LogP contribution is 2.48. The number of hydrogen-bond donors (Lipinski definition) is 1. The van der Waals surface area contributed by atoms with E-state index in [-0.39, 0.29) is 0 Å². The number of carbonyl (C=O) groups is 1. The number of carboxylic acids is 1. The van der Waals surface area contributed by atoms with Crippen LogP contribution >= 0.6 is 11.8 Å². The molecule has 0 aromatic heterocycles. The van der Waals surface area contributed by atoms with Gasteiger partial charge < -0.3 is 9.84 Å². The molecule has 0 bridgehead atoms. The van der Waals surface area contributed by atoms with Crippen LogP contribution in [0.1, 0.15) is 31.7 Å². The van der Waals surface area contributed by atoms with Crippen molar-refractivity contribution in [2.45, 2.75) is 42.8 Å². The molecular weight excluding hydrogens is 248 g/mol. The molecule has 3 nitrogen and oxygen atoms in total. The van der Waals surface area contributed by atoms with Gasteiger partial charge in [0.15, 0.2) is 0 Å². The van der Waals surface area contributed by atoms with Crippen LogP contribution in [-0.2, 0) is 4.79 Å². The maximum Gasteiger partial charge on any atom is 0.320 e. The molecule has 0 radical (unpaired) electrons. The highest BCUT2D eigenvalue weighted by atomic mass is 32.2. The molecule has 1 aliphatic carbocycles. The number of hydrogen-bond acceptors (Lipinski definition) is 3. The number of carboxylic acid groups (broad SMARTS) is 1. The summed E-state index contributed by atoms with van der Waals surface area (Å²) in [5, 5.41) is 9.31. The molecule has 2 rings (SSSR count). The lowest BCUT2D eigenvalue weighted by molar-refractivity contribution is -0.142. The van der Waals surface area contributed by atoms with Crippen molar-refractivity contribution in [2.75, 3.05) is 6.61 Å². The Hall–Kier alpha value is -1.16. The Balaban J connectivity index is 2.15. The largest absolute Gasteiger partial charge is 0.494 e. The Labute approximate surface area is 112 Å². The third kappa shape index (κ3) is 2.48. The Morgan fingerprint density at radius 1 is 1.50 bits per heavy atom. The first kappa shape index (κ1) is 13.3. The summed E-state index contributed by atoms with van der Waals surface area (Å²) in [6.45, 7) is 4.59. The molecule has 0 saturated heterocycles. The van der Waals surface area contributed by atoms with Crippen LogP contribution in [0.5, 0.6) is 5.75 Å². The molecule has 98 valence electrons. The first-order valence-electron chi connectivity index (χ1n) is 6.23. The first-order valence-corrected chi connectivity index (χ1v) is 7.05. The van der Waals surface area contributed by atoms with Crippen LogP contribution in [0.25, 0.3) is 0 Å². The van der Waals surface area contributed by atoms with Crippen LogP contribution in [-0.4, -0.2) is 22.4 Å². The van der Waals surface area contributed by atoms with Gasteiger partial charge in [0.25, 0.3) is 0 Å². The van der Waals surface area contributed by atoms with Gasteiger partial charge in [-0.25, -0.2) is 0 Å². The Kier molecular flexibility index (Phi) is 3.85. The summed E-state index contributed by atoms with van der Waals surface area (Å²) in [4.78, 5) is 12.3. The van der Waals surface area contributed by atoms with Crippen LogP contribution in [0.15, 0.2) is 23.1 Å². The topological polar surface area (TPSA) is 46.5 Å². The average Bonchev–Trinajstić information content (AvgIpc) is 2.27. The van der Waals surface area contributed by atoms with E-state index in [0.717, 1.165) is 35.5 Å². The van der Waals surface area contributed by atoms with Gasteiger partial charge in [-0.05, 0) is 56.9 Å². The van der Waals surface area contributed by atoms with Crippen molar-refractivity contribution in [1.82, 2.24) is 0 Å². The van der Waals surface area contributed by atoms with E-state index in [1.165, 1.54) is 11.8 Å². The summed E-state index contributed by atoms with van der Waals surface area (Å²) >= 11 is 1.47. The molecule has 0 amide bonds. The maximum atomic E-state index is 11.3. The van der Waals surface area contributed by atoms with Crippen molar-refractivity contribution < 1.29 is 14.6 Å². The lowest BCUT2D eigenvalue weighted by Gasteiger charge is -2.36. The van der Waals surface area contributed by atoms with E-state index in [4.69, 9.17) is 4.74 Å². The zero-order valence-corrected chi connectivity index (χ0v) is 11.5. The highest BCUT2D eigenvalue weighted by molar-refractivity contribution is 8.01. The standard InChI is InChI=1S/C14H18O3S/c1-3-17-12-6-5-11(9-10(12)2)18-14(13(15)16)7-4-8-14/h5-6,9H,3-4,7-8H2,1-2H3,(H,15,16). The number of aryl methyl sites for hydroxylation is 1. The average molecular weight is 266 g/mol. The van der Waals surface area contributed by atoms with Crippen molar-refractivity contribution in [3.63, 3.8) is 0 Å². The minimum Gasteiger partial charge on any atom is -0.494 e. The first-order chi connectivity index (χ1) is 8.57. The number of benzene rings is 1. The molecule has 18 heavy (non-hydrogen) atoms. The third-order valence-electron chi connectivity index (χ3n) is 3.31. The van der Waals surface area contributed by atoms with E-state index in [1.807, 2.05) is 32.0 Å². The van der Waals surface area contributed by atoms with Crippen LogP contribution in [0.4, 0.5) is 0 Å². The summed E-state index contributed by atoms with van der Waals surface area (Å²) in [7, 11) is 0. The number of aliphatic carboxylic acids is 1. The molecule has 0 unspecified atom stereocenters. The van der Waals surface area contributed by atoms with Crippen molar-refractivity contribution in [3.8, 4) is 5.75 Å². The zero-order valence-electron chi connectivity index (χ0n) is 10.7. The second-order valence-electron chi connectivity index (χ2n) is 4.62. The Morgan fingerprint density at radius 3 is 2.67 bits per heavy atom. The minimum absolute atomic E-state index is 0.598. The molecule has 0 heterocycles. The fourth-order valence-electron chi connectivity index (χ4n) is 2.09. The minimum atomic E-state index is -0.690. The van der Waals surface area contributed by atoms with Gasteiger partial charge in [-0.3, -0.25) is 4.79 Å². The van der Waals surface area contributed by atoms with Crippen LogP contribution in [0.3, 0.4) is 0 Å². The second-order valence-corrected chi connectivity index (χ2v) is 6.07. The van der Waals surface area contributed by atoms with Gasteiger partial charge in [0.1, 0.15) is 10.5 Å². The predicted octanol–water partition coefficient (Wildman–Crippen LogP) is 3.49. The molecule has 0 spiro atoms. The number of ether oxygens (including phenoxy) is 1. The molecule has 1 aromatic carbocycles. The summed E-state index contributed by atoms with van der Waals surface area (Å²) in [5.74, 6) is 0.185. The molecule has 1 saturated carbocycles. The second kappa shape index (κ2) is 5.22. The number of thioether (sulfide) groups is 1. The van der Waals surface area contributed by atoms with E-state index >= 15 is 0 Å². The molecular formula is C14H18O3S. The van der Waals surface area contributed by atoms with Crippen LogP contribution < -0.4 is 4.74 Å². The highest BCUT2D eigenvalue weighted by Gasteiger charge is 2.45. The normalized spacial score (nSPS) is 17.0. The summed E-state index contributed by atoms with van der Waals surface area (Å²) < 4.78 is 4.89. The molecule has 1 fully saturated rings. The number of rotatable bonds is 5. The zero-order chi connectivity index (χ0) is 13.2. The van der Waals surface area contributed by atoms with Gasteiger partial charge >= 0.3 is 5.97 Å². The smallest absolute Gasteiger partial charge is 0.320 e. The summed E-state index contributed by atoms with van der Waals surface area (Å²) in [6.07, 6.45) is 2.54. The molecule has 4 heteroatoms. The van der Waals surface area contributed by atoms with Gasteiger partial charge in [0.05, 0.1) is 6.61 Å². The van der Waals surface area contributed by atoms with Crippen molar-refractivity contribution >= 4 is 17.7 Å². The van der Waals surface area contributed by atoms with Gasteiger partial charge in [0.2, 0.25) is 0 Å². The van der Waals surface area contributed by atoms with E-state index < -0.39 is 10.7 Å². The fraction of sp³-hybridized carbons (Fsp3) is 0.500. The molecule has 1 aliphatic rings. The van der Waals surface area contributed by atoms with Crippen molar-refractivity contribution in [3.05, 3.63) is 23.8 Å². The monoisotopic (exact) mass is 266 g/mol. The lowest BCUT2D eigenvalue weighted by atomic mass is 9.84. The summed E-state index contributed by atoms with van der Waals surface area (Å²) in [5.41, 5.74) is 1.06. The van der Waals surface area contributed by atoms with E-state index in [2.05, 4.69) is 0 Å². The lowest BCUT2D eigenvalue weighted by Crippen LogP contribution is -2.41.